The van der Waals surface area contributed by atoms with E-state index in [0.29, 0.717) is 18.7 Å². The van der Waals surface area contributed by atoms with E-state index in [-0.39, 0.29) is 17.4 Å². The quantitative estimate of drug-likeness (QED) is 0.481. The number of likely N-dealkylation sites (tertiary alicyclic amines) is 1. The fourth-order valence-corrected chi connectivity index (χ4v) is 3.12. The van der Waals surface area contributed by atoms with Crippen molar-refractivity contribution in [3.05, 3.63) is 29.8 Å². The van der Waals surface area contributed by atoms with Gasteiger partial charge in [0.1, 0.15) is 0 Å². The summed E-state index contributed by atoms with van der Waals surface area (Å²) in [6.45, 7) is 5.36. The summed E-state index contributed by atoms with van der Waals surface area (Å²) in [4.78, 5) is 14.4. The van der Waals surface area contributed by atoms with Crippen molar-refractivity contribution in [3.8, 4) is 11.5 Å². The number of carbonyl (C=O) groups is 1. The van der Waals surface area contributed by atoms with Crippen molar-refractivity contribution in [2.75, 3.05) is 32.8 Å². The zero-order valence-corrected chi connectivity index (χ0v) is 16.6. The number of nitrogens with zero attached hydrogens (tertiary/aromatic N) is 1. The average Bonchev–Trinajstić information content (AvgIpc) is 2.66. The molecule has 2 rings (SSSR count). The normalized spacial score (nSPS) is 15.9. The molecule has 0 aliphatic carbocycles. The van der Waals surface area contributed by atoms with Crippen LogP contribution in [-0.2, 0) is 4.79 Å². The van der Waals surface area contributed by atoms with E-state index in [1.54, 1.807) is 25.1 Å². The van der Waals surface area contributed by atoms with Gasteiger partial charge in [-0.1, -0.05) is 13.0 Å². The number of hydrogen-bond acceptors (Lipinski definition) is 4. The van der Waals surface area contributed by atoms with Crippen LogP contribution in [0.1, 0.15) is 38.7 Å². The van der Waals surface area contributed by atoms with Gasteiger partial charge in [-0.05, 0) is 75.5 Å². The average molecular weight is 396 g/mol. The van der Waals surface area contributed by atoms with Crippen molar-refractivity contribution < 1.29 is 23.0 Å². The van der Waals surface area contributed by atoms with Crippen molar-refractivity contribution in [1.82, 2.24) is 10.2 Å². The molecule has 1 amide bonds. The van der Waals surface area contributed by atoms with E-state index in [1.165, 1.54) is 25.0 Å². The topological polar surface area (TPSA) is 50.8 Å². The van der Waals surface area contributed by atoms with Gasteiger partial charge in [0.25, 0.3) is 0 Å². The molecule has 0 aromatic heterocycles. The number of nitrogens with one attached hydrogen (secondary N) is 1. The molecule has 1 fully saturated rings. The van der Waals surface area contributed by atoms with Gasteiger partial charge in [-0.3, -0.25) is 4.79 Å². The minimum atomic E-state index is -2.92. The van der Waals surface area contributed by atoms with E-state index < -0.39 is 6.61 Å². The molecular formula is C21H30F2N2O3. The molecule has 28 heavy (non-hydrogen) atoms. The molecule has 1 heterocycles. The molecule has 1 aliphatic heterocycles. The van der Waals surface area contributed by atoms with Crippen molar-refractivity contribution in [3.63, 3.8) is 0 Å². The van der Waals surface area contributed by atoms with Gasteiger partial charge >= 0.3 is 6.61 Å². The van der Waals surface area contributed by atoms with Crippen LogP contribution in [0.5, 0.6) is 11.5 Å². The molecule has 1 aromatic carbocycles. The van der Waals surface area contributed by atoms with Crippen molar-refractivity contribution in [1.29, 1.82) is 0 Å². The first kappa shape index (κ1) is 22.1. The molecule has 0 atom stereocenters. The summed E-state index contributed by atoms with van der Waals surface area (Å²) in [6, 6.07) is 4.58. The van der Waals surface area contributed by atoms with Gasteiger partial charge in [-0.2, -0.15) is 8.78 Å². The number of hydrogen-bond donors (Lipinski definition) is 1. The molecule has 1 aliphatic rings. The van der Waals surface area contributed by atoms with Crippen LogP contribution in [0, 0.1) is 5.92 Å². The smallest absolute Gasteiger partial charge is 0.387 e. The molecular weight excluding hydrogens is 366 g/mol. The van der Waals surface area contributed by atoms with Crippen LogP contribution in [0.25, 0.3) is 6.08 Å². The Hall–Kier alpha value is -2.15. The number of amides is 1. The highest BCUT2D eigenvalue weighted by Crippen LogP contribution is 2.30. The number of piperidine rings is 1. The summed E-state index contributed by atoms with van der Waals surface area (Å²) in [7, 11) is 0. The number of alkyl halides is 2. The first-order valence-corrected chi connectivity index (χ1v) is 9.88. The largest absolute Gasteiger partial charge is 0.490 e. The molecule has 1 N–H and O–H groups in total. The number of benzene rings is 1. The molecule has 0 saturated carbocycles. The first-order chi connectivity index (χ1) is 13.5. The summed E-state index contributed by atoms with van der Waals surface area (Å²) in [5.41, 5.74) is 0.669. The van der Waals surface area contributed by atoms with E-state index in [2.05, 4.69) is 21.9 Å². The lowest BCUT2D eigenvalue weighted by Crippen LogP contribution is -2.35. The Kier molecular flexibility index (Phi) is 9.20. The lowest BCUT2D eigenvalue weighted by Gasteiger charge is -2.30. The molecule has 0 unspecified atom stereocenters. The Balaban J connectivity index is 1.77. The molecule has 0 spiro atoms. The zero-order chi connectivity index (χ0) is 20.4. The maximum Gasteiger partial charge on any atom is 0.387 e. The van der Waals surface area contributed by atoms with Gasteiger partial charge in [0, 0.05) is 12.6 Å². The Bertz CT molecular complexity index is 645. The van der Waals surface area contributed by atoms with Gasteiger partial charge in [0.05, 0.1) is 6.61 Å². The molecule has 1 aromatic rings. The minimum absolute atomic E-state index is 0.0226. The van der Waals surface area contributed by atoms with Crippen LogP contribution in [0.4, 0.5) is 8.78 Å². The van der Waals surface area contributed by atoms with Crippen LogP contribution in [0.2, 0.25) is 0 Å². The predicted molar refractivity (Wildman–Crippen MR) is 106 cm³/mol. The number of halogens is 2. The molecule has 156 valence electrons. The predicted octanol–water partition coefficient (Wildman–Crippen LogP) is 3.94. The summed E-state index contributed by atoms with van der Waals surface area (Å²) >= 11 is 0. The number of carbonyl (C=O) groups excluding carboxylic acids is 1. The third-order valence-corrected chi connectivity index (χ3v) is 4.74. The van der Waals surface area contributed by atoms with Crippen molar-refractivity contribution in [2.45, 2.75) is 39.7 Å². The Labute approximate surface area is 165 Å². The Morgan fingerprint density at radius 1 is 1.32 bits per heavy atom. The second kappa shape index (κ2) is 11.6. The molecule has 0 bridgehead atoms. The highest BCUT2D eigenvalue weighted by molar-refractivity contribution is 5.91. The van der Waals surface area contributed by atoms with Crippen LogP contribution < -0.4 is 14.8 Å². The van der Waals surface area contributed by atoms with Gasteiger partial charge in [-0.15, -0.1) is 0 Å². The Morgan fingerprint density at radius 2 is 2.07 bits per heavy atom. The van der Waals surface area contributed by atoms with Crippen molar-refractivity contribution >= 4 is 12.0 Å². The Morgan fingerprint density at radius 3 is 2.75 bits per heavy atom. The van der Waals surface area contributed by atoms with Gasteiger partial charge < -0.3 is 19.7 Å². The van der Waals surface area contributed by atoms with Crippen LogP contribution in [-0.4, -0.2) is 50.2 Å². The van der Waals surface area contributed by atoms with E-state index in [1.807, 2.05) is 0 Å². The fraction of sp³-hybridized carbons (Fsp3) is 0.571. The monoisotopic (exact) mass is 396 g/mol. The van der Waals surface area contributed by atoms with E-state index >= 15 is 0 Å². The second-order valence-electron chi connectivity index (χ2n) is 7.02. The van der Waals surface area contributed by atoms with E-state index in [9.17, 15) is 13.6 Å². The number of rotatable bonds is 10. The number of ether oxygens (including phenoxy) is 2. The van der Waals surface area contributed by atoms with Crippen LogP contribution in [0.3, 0.4) is 0 Å². The van der Waals surface area contributed by atoms with Crippen LogP contribution in [0.15, 0.2) is 24.3 Å². The molecule has 5 nitrogen and oxygen atoms in total. The summed E-state index contributed by atoms with van der Waals surface area (Å²) in [5.74, 6) is 0.838. The van der Waals surface area contributed by atoms with Gasteiger partial charge in [-0.25, -0.2) is 0 Å². The lowest BCUT2D eigenvalue weighted by atomic mass is 9.99. The molecule has 0 radical (unpaired) electrons. The highest BCUT2D eigenvalue weighted by atomic mass is 19.3. The first-order valence-electron chi connectivity index (χ1n) is 9.88. The minimum Gasteiger partial charge on any atom is -0.490 e. The maximum atomic E-state index is 12.4. The van der Waals surface area contributed by atoms with E-state index in [0.717, 1.165) is 32.0 Å². The van der Waals surface area contributed by atoms with Gasteiger partial charge in [0.2, 0.25) is 5.91 Å². The third-order valence-electron chi connectivity index (χ3n) is 4.74. The maximum absolute atomic E-state index is 12.4. The highest BCUT2D eigenvalue weighted by Gasteiger charge is 2.15. The second-order valence-corrected chi connectivity index (χ2v) is 7.02. The molecule has 1 saturated heterocycles. The van der Waals surface area contributed by atoms with Gasteiger partial charge in [0.15, 0.2) is 11.5 Å². The van der Waals surface area contributed by atoms with Crippen LogP contribution >= 0.6 is 0 Å². The fourth-order valence-electron chi connectivity index (χ4n) is 3.12. The van der Waals surface area contributed by atoms with E-state index in [4.69, 9.17) is 4.74 Å². The standard InChI is InChI=1S/C21H30F2N2O3/c1-3-27-19-15-17(5-7-18(19)28-21(22)23)6-8-20(26)24-11-4-12-25-13-9-16(2)10-14-25/h5-8,15-16,21H,3-4,9-14H2,1-2H3,(H,24,26)/b8-6-. The summed E-state index contributed by atoms with van der Waals surface area (Å²) in [5, 5.41) is 2.87. The van der Waals surface area contributed by atoms with Crippen molar-refractivity contribution in [2.24, 2.45) is 5.92 Å². The molecule has 7 heteroatoms. The summed E-state index contributed by atoms with van der Waals surface area (Å²) in [6.07, 6.45) is 6.47. The third kappa shape index (κ3) is 7.84. The zero-order valence-electron chi connectivity index (χ0n) is 16.6. The SMILES string of the molecule is CCOc1cc(/C=C\C(=O)NCCCN2CCC(C)CC2)ccc1OC(F)F. The summed E-state index contributed by atoms with van der Waals surface area (Å²) < 4.78 is 34.6. The lowest BCUT2D eigenvalue weighted by molar-refractivity contribution is -0.116.